The van der Waals surface area contributed by atoms with Crippen molar-refractivity contribution in [3.05, 3.63) is 11.8 Å². The maximum atomic E-state index is 4.62. The fourth-order valence-corrected chi connectivity index (χ4v) is 2.83. The molecule has 0 aliphatic carbocycles. The highest BCUT2D eigenvalue weighted by molar-refractivity contribution is 5.47. The summed E-state index contributed by atoms with van der Waals surface area (Å²) in [4.78, 5) is 13.6. The Bertz CT molecular complexity index is 430. The first kappa shape index (κ1) is 15.0. The van der Waals surface area contributed by atoms with E-state index in [0.29, 0.717) is 6.04 Å². The summed E-state index contributed by atoms with van der Waals surface area (Å²) >= 11 is 0. The number of rotatable bonds is 5. The SMILES string of the molecule is CCCN1CCCC(Nc2ncc(C)c(N(C)C)n2)C1. The minimum absolute atomic E-state index is 0.466. The summed E-state index contributed by atoms with van der Waals surface area (Å²) in [7, 11) is 4.03. The van der Waals surface area contributed by atoms with Crippen molar-refractivity contribution in [2.24, 2.45) is 0 Å². The van der Waals surface area contributed by atoms with Gasteiger partial charge in [-0.25, -0.2) is 4.98 Å². The molecule has 0 amide bonds. The Morgan fingerprint density at radius 1 is 1.45 bits per heavy atom. The number of likely N-dealkylation sites (tertiary alicyclic amines) is 1. The molecule has 1 unspecified atom stereocenters. The number of hydrogen-bond donors (Lipinski definition) is 1. The minimum Gasteiger partial charge on any atom is -0.362 e. The van der Waals surface area contributed by atoms with Crippen LogP contribution in [-0.2, 0) is 0 Å². The van der Waals surface area contributed by atoms with E-state index in [-0.39, 0.29) is 0 Å². The molecule has 0 spiro atoms. The number of nitrogens with one attached hydrogen (secondary N) is 1. The third-order valence-corrected chi connectivity index (χ3v) is 3.75. The molecule has 1 saturated heterocycles. The Labute approximate surface area is 122 Å². The Morgan fingerprint density at radius 3 is 2.95 bits per heavy atom. The van der Waals surface area contributed by atoms with E-state index < -0.39 is 0 Å². The van der Waals surface area contributed by atoms with E-state index in [1.165, 1.54) is 32.4 Å². The molecule has 1 aliphatic rings. The molecular weight excluding hydrogens is 250 g/mol. The maximum absolute atomic E-state index is 4.62. The number of aromatic nitrogens is 2. The molecule has 1 aromatic rings. The molecule has 1 N–H and O–H groups in total. The smallest absolute Gasteiger partial charge is 0.224 e. The lowest BCUT2D eigenvalue weighted by Crippen LogP contribution is -2.42. The first-order valence-corrected chi connectivity index (χ1v) is 7.60. The lowest BCUT2D eigenvalue weighted by atomic mass is 10.1. The molecule has 2 rings (SSSR count). The fraction of sp³-hybridized carbons (Fsp3) is 0.733. The van der Waals surface area contributed by atoms with E-state index in [2.05, 4.69) is 27.1 Å². The zero-order valence-corrected chi connectivity index (χ0v) is 13.2. The average Bonchev–Trinajstić information content (AvgIpc) is 2.41. The van der Waals surface area contributed by atoms with Gasteiger partial charge in [0.05, 0.1) is 0 Å². The Hall–Kier alpha value is -1.36. The monoisotopic (exact) mass is 277 g/mol. The van der Waals surface area contributed by atoms with Crippen molar-refractivity contribution in [2.75, 3.05) is 43.9 Å². The highest BCUT2D eigenvalue weighted by Crippen LogP contribution is 2.18. The van der Waals surface area contributed by atoms with Crippen molar-refractivity contribution in [3.63, 3.8) is 0 Å². The fourth-order valence-electron chi connectivity index (χ4n) is 2.83. The van der Waals surface area contributed by atoms with E-state index in [0.717, 1.165) is 23.9 Å². The predicted octanol–water partition coefficient (Wildman–Crippen LogP) is 2.14. The summed E-state index contributed by atoms with van der Waals surface area (Å²) in [5, 5.41) is 3.50. The number of hydrogen-bond acceptors (Lipinski definition) is 5. The summed E-state index contributed by atoms with van der Waals surface area (Å²) in [6.45, 7) is 7.80. The predicted molar refractivity (Wildman–Crippen MR) is 84.5 cm³/mol. The van der Waals surface area contributed by atoms with Gasteiger partial charge in [-0.05, 0) is 39.3 Å². The van der Waals surface area contributed by atoms with Crippen LogP contribution in [0.4, 0.5) is 11.8 Å². The topological polar surface area (TPSA) is 44.3 Å². The van der Waals surface area contributed by atoms with E-state index in [4.69, 9.17) is 0 Å². The second-order valence-corrected chi connectivity index (χ2v) is 5.88. The van der Waals surface area contributed by atoms with Crippen molar-refractivity contribution in [3.8, 4) is 0 Å². The third-order valence-electron chi connectivity index (χ3n) is 3.75. The normalized spacial score (nSPS) is 19.9. The molecular formula is C15H27N5. The molecule has 1 atom stereocenters. The standard InChI is InChI=1S/C15H27N5/c1-5-8-20-9-6-7-13(11-20)17-15-16-10-12(2)14(18-15)19(3)4/h10,13H,5-9,11H2,1-4H3,(H,16,17,18). The van der Waals surface area contributed by atoms with E-state index in [9.17, 15) is 0 Å². The van der Waals surface area contributed by atoms with Crippen LogP contribution in [0.3, 0.4) is 0 Å². The summed E-state index contributed by atoms with van der Waals surface area (Å²) in [6.07, 6.45) is 5.58. The van der Waals surface area contributed by atoms with Crippen molar-refractivity contribution < 1.29 is 0 Å². The molecule has 0 aromatic carbocycles. The van der Waals surface area contributed by atoms with E-state index in [1.54, 1.807) is 0 Å². The van der Waals surface area contributed by atoms with Gasteiger partial charge in [-0.15, -0.1) is 0 Å². The number of piperidine rings is 1. The van der Waals surface area contributed by atoms with Gasteiger partial charge in [-0.1, -0.05) is 6.92 Å². The van der Waals surface area contributed by atoms with Crippen LogP contribution < -0.4 is 10.2 Å². The highest BCUT2D eigenvalue weighted by Gasteiger charge is 2.20. The summed E-state index contributed by atoms with van der Waals surface area (Å²) < 4.78 is 0. The van der Waals surface area contributed by atoms with Crippen molar-refractivity contribution in [1.29, 1.82) is 0 Å². The van der Waals surface area contributed by atoms with Crippen LogP contribution in [0.25, 0.3) is 0 Å². The molecule has 1 aromatic heterocycles. The minimum atomic E-state index is 0.466. The molecule has 1 fully saturated rings. The van der Waals surface area contributed by atoms with E-state index in [1.807, 2.05) is 32.1 Å². The summed E-state index contributed by atoms with van der Waals surface area (Å²) in [5.41, 5.74) is 1.11. The number of aryl methyl sites for hydroxylation is 1. The Balaban J connectivity index is 2.00. The molecule has 1 aliphatic heterocycles. The summed E-state index contributed by atoms with van der Waals surface area (Å²) in [6, 6.07) is 0.466. The van der Waals surface area contributed by atoms with Crippen LogP contribution in [0.2, 0.25) is 0 Å². The van der Waals surface area contributed by atoms with Gasteiger partial charge in [-0.3, -0.25) is 0 Å². The van der Waals surface area contributed by atoms with Crippen LogP contribution in [0.1, 0.15) is 31.7 Å². The van der Waals surface area contributed by atoms with Gasteiger partial charge in [0.25, 0.3) is 0 Å². The molecule has 20 heavy (non-hydrogen) atoms. The molecule has 5 nitrogen and oxygen atoms in total. The van der Waals surface area contributed by atoms with Gasteiger partial charge >= 0.3 is 0 Å². The molecule has 0 radical (unpaired) electrons. The molecule has 112 valence electrons. The lowest BCUT2D eigenvalue weighted by Gasteiger charge is -2.33. The summed E-state index contributed by atoms with van der Waals surface area (Å²) in [5.74, 6) is 1.74. The van der Waals surface area contributed by atoms with Gasteiger partial charge in [0.15, 0.2) is 0 Å². The molecule has 0 bridgehead atoms. The first-order chi connectivity index (χ1) is 9.60. The lowest BCUT2D eigenvalue weighted by molar-refractivity contribution is 0.216. The van der Waals surface area contributed by atoms with Gasteiger partial charge in [0.1, 0.15) is 5.82 Å². The van der Waals surface area contributed by atoms with Gasteiger partial charge in [0.2, 0.25) is 5.95 Å². The number of nitrogens with zero attached hydrogens (tertiary/aromatic N) is 4. The maximum Gasteiger partial charge on any atom is 0.224 e. The molecule has 5 heteroatoms. The van der Waals surface area contributed by atoms with Crippen LogP contribution in [0.5, 0.6) is 0 Å². The van der Waals surface area contributed by atoms with Crippen molar-refractivity contribution >= 4 is 11.8 Å². The number of anilines is 2. The van der Waals surface area contributed by atoms with Crippen LogP contribution in [0.15, 0.2) is 6.20 Å². The average molecular weight is 277 g/mol. The second kappa shape index (κ2) is 6.88. The quantitative estimate of drug-likeness (QED) is 0.893. The van der Waals surface area contributed by atoms with Gasteiger partial charge < -0.3 is 15.1 Å². The Kier molecular flexibility index (Phi) is 5.17. The van der Waals surface area contributed by atoms with Crippen LogP contribution >= 0.6 is 0 Å². The Morgan fingerprint density at radius 2 is 2.25 bits per heavy atom. The van der Waals surface area contributed by atoms with Crippen LogP contribution in [-0.4, -0.2) is 54.6 Å². The third kappa shape index (κ3) is 3.82. The zero-order chi connectivity index (χ0) is 14.5. The van der Waals surface area contributed by atoms with E-state index >= 15 is 0 Å². The van der Waals surface area contributed by atoms with Crippen molar-refractivity contribution in [1.82, 2.24) is 14.9 Å². The first-order valence-electron chi connectivity index (χ1n) is 7.60. The highest BCUT2D eigenvalue weighted by atomic mass is 15.2. The second-order valence-electron chi connectivity index (χ2n) is 5.88. The zero-order valence-electron chi connectivity index (χ0n) is 13.2. The molecule has 2 heterocycles. The van der Waals surface area contributed by atoms with Gasteiger partial charge in [-0.2, -0.15) is 4.98 Å². The van der Waals surface area contributed by atoms with Crippen LogP contribution in [0, 0.1) is 6.92 Å². The van der Waals surface area contributed by atoms with Crippen molar-refractivity contribution in [2.45, 2.75) is 39.2 Å². The molecule has 0 saturated carbocycles. The van der Waals surface area contributed by atoms with Gasteiger partial charge in [0, 0.05) is 38.4 Å². The largest absolute Gasteiger partial charge is 0.362 e.